The monoisotopic (exact) mass is 336 g/mol. The molecule has 1 aromatic carbocycles. The van der Waals surface area contributed by atoms with Crippen molar-refractivity contribution in [3.8, 4) is 5.75 Å². The van der Waals surface area contributed by atoms with Gasteiger partial charge in [-0.05, 0) is 41.9 Å². The Labute approximate surface area is 150 Å². The van der Waals surface area contributed by atoms with Crippen molar-refractivity contribution in [3.05, 3.63) is 53.3 Å². The summed E-state index contributed by atoms with van der Waals surface area (Å²) in [6.45, 7) is 6.42. The van der Waals surface area contributed by atoms with Gasteiger partial charge in [-0.1, -0.05) is 52.2 Å². The molecule has 3 rings (SSSR count). The van der Waals surface area contributed by atoms with Crippen molar-refractivity contribution in [2.75, 3.05) is 0 Å². The van der Waals surface area contributed by atoms with Gasteiger partial charge in [-0.2, -0.15) is 0 Å². The molecule has 1 aromatic heterocycles. The number of pyridine rings is 1. The molecule has 0 atom stereocenters. The van der Waals surface area contributed by atoms with Crippen molar-refractivity contribution in [2.45, 2.75) is 64.2 Å². The van der Waals surface area contributed by atoms with E-state index in [0.717, 1.165) is 11.1 Å². The van der Waals surface area contributed by atoms with Crippen LogP contribution in [0, 0.1) is 0 Å². The van der Waals surface area contributed by atoms with Gasteiger partial charge in [0, 0.05) is 29.7 Å². The van der Waals surface area contributed by atoms with E-state index in [4.69, 9.17) is 0 Å². The van der Waals surface area contributed by atoms with E-state index >= 15 is 0 Å². The zero-order chi connectivity index (χ0) is 17.9. The fraction of sp³-hybridized carbons (Fsp3) is 0.455. The van der Waals surface area contributed by atoms with Crippen LogP contribution in [0.15, 0.2) is 41.7 Å². The molecule has 1 N–H and O–H groups in total. The summed E-state index contributed by atoms with van der Waals surface area (Å²) in [6, 6.07) is 8.13. The van der Waals surface area contributed by atoms with Crippen LogP contribution in [0.5, 0.6) is 5.75 Å². The van der Waals surface area contributed by atoms with E-state index < -0.39 is 0 Å². The van der Waals surface area contributed by atoms with Crippen LogP contribution >= 0.6 is 0 Å². The first kappa shape index (κ1) is 17.7. The number of aromatic hydroxyl groups is 1. The maximum atomic E-state index is 10.8. The molecule has 0 radical (unpaired) electrons. The van der Waals surface area contributed by atoms with Gasteiger partial charge in [0.2, 0.25) is 0 Å². The minimum Gasteiger partial charge on any atom is -0.505 e. The van der Waals surface area contributed by atoms with Gasteiger partial charge in [-0.25, -0.2) is 0 Å². The molecular formula is C22H28N2O. The van der Waals surface area contributed by atoms with Gasteiger partial charge in [-0.3, -0.25) is 9.98 Å². The van der Waals surface area contributed by atoms with Gasteiger partial charge < -0.3 is 5.11 Å². The molecule has 0 aliphatic heterocycles. The molecule has 1 aliphatic carbocycles. The number of benzene rings is 1. The lowest BCUT2D eigenvalue weighted by atomic mass is 9.79. The number of phenolic OH excluding ortho intramolecular Hbond substituents is 1. The van der Waals surface area contributed by atoms with E-state index in [9.17, 15) is 5.11 Å². The predicted octanol–water partition coefficient (Wildman–Crippen LogP) is 5.88. The predicted molar refractivity (Wildman–Crippen MR) is 104 cm³/mol. The Hall–Kier alpha value is -2.16. The van der Waals surface area contributed by atoms with Crippen LogP contribution in [0.3, 0.4) is 0 Å². The molecule has 25 heavy (non-hydrogen) atoms. The smallest absolute Gasteiger partial charge is 0.144 e. The van der Waals surface area contributed by atoms with Crippen molar-refractivity contribution < 1.29 is 5.11 Å². The molecule has 2 aromatic rings. The number of nitrogens with zero attached hydrogens (tertiary/aromatic N) is 2. The minimum atomic E-state index is -0.118. The molecular weight excluding hydrogens is 308 g/mol. The quantitative estimate of drug-likeness (QED) is 0.711. The second-order valence-corrected chi connectivity index (χ2v) is 8.07. The summed E-state index contributed by atoms with van der Waals surface area (Å²) in [7, 11) is 0. The highest BCUT2D eigenvalue weighted by Crippen LogP contribution is 2.43. The SMILES string of the molecule is CC(C)(C)c1cc(C2CCCCC2)cc(N=Cc2cccnc2)c1O. The second kappa shape index (κ2) is 7.38. The maximum absolute atomic E-state index is 10.8. The Morgan fingerprint density at radius 3 is 2.56 bits per heavy atom. The lowest BCUT2D eigenvalue weighted by Gasteiger charge is -2.27. The molecule has 1 heterocycles. The molecule has 3 nitrogen and oxygen atoms in total. The van der Waals surface area contributed by atoms with E-state index in [-0.39, 0.29) is 5.41 Å². The van der Waals surface area contributed by atoms with Crippen molar-refractivity contribution in [2.24, 2.45) is 4.99 Å². The average Bonchev–Trinajstić information content (AvgIpc) is 2.61. The molecule has 1 fully saturated rings. The Bertz CT molecular complexity index is 739. The summed E-state index contributed by atoms with van der Waals surface area (Å²) < 4.78 is 0. The van der Waals surface area contributed by atoms with Crippen LogP contribution in [-0.2, 0) is 5.41 Å². The lowest BCUT2D eigenvalue weighted by Crippen LogP contribution is -2.13. The fourth-order valence-electron chi connectivity index (χ4n) is 3.58. The third kappa shape index (κ3) is 4.28. The summed E-state index contributed by atoms with van der Waals surface area (Å²) >= 11 is 0. The highest BCUT2D eigenvalue weighted by Gasteiger charge is 2.24. The number of aliphatic imine (C=N–C) groups is 1. The Balaban J connectivity index is 2.02. The number of rotatable bonds is 3. The summed E-state index contributed by atoms with van der Waals surface area (Å²) in [5.41, 5.74) is 3.78. The van der Waals surface area contributed by atoms with Crippen molar-refractivity contribution in [1.29, 1.82) is 0 Å². The van der Waals surface area contributed by atoms with Gasteiger partial charge in [-0.15, -0.1) is 0 Å². The van der Waals surface area contributed by atoms with Crippen LogP contribution in [0.1, 0.15) is 75.5 Å². The third-order valence-corrected chi connectivity index (χ3v) is 5.03. The number of phenols is 1. The normalized spacial score (nSPS) is 16.4. The third-order valence-electron chi connectivity index (χ3n) is 5.03. The van der Waals surface area contributed by atoms with Gasteiger partial charge in [0.25, 0.3) is 0 Å². The van der Waals surface area contributed by atoms with E-state index in [1.165, 1.54) is 37.7 Å². The first-order chi connectivity index (χ1) is 11.9. The van der Waals surface area contributed by atoms with E-state index in [2.05, 4.69) is 42.9 Å². The average molecular weight is 336 g/mol. The highest BCUT2D eigenvalue weighted by molar-refractivity contribution is 5.82. The van der Waals surface area contributed by atoms with Crippen LogP contribution < -0.4 is 0 Å². The Kier molecular flexibility index (Phi) is 5.22. The van der Waals surface area contributed by atoms with Gasteiger partial charge in [0.15, 0.2) is 0 Å². The minimum absolute atomic E-state index is 0.118. The molecule has 1 saturated carbocycles. The van der Waals surface area contributed by atoms with Gasteiger partial charge >= 0.3 is 0 Å². The number of hydrogen-bond acceptors (Lipinski definition) is 3. The summed E-state index contributed by atoms with van der Waals surface area (Å²) in [5, 5.41) is 10.8. The van der Waals surface area contributed by atoms with E-state index in [1.54, 1.807) is 18.6 Å². The molecule has 1 aliphatic rings. The Morgan fingerprint density at radius 2 is 1.92 bits per heavy atom. The zero-order valence-corrected chi connectivity index (χ0v) is 15.5. The van der Waals surface area contributed by atoms with Crippen molar-refractivity contribution in [3.63, 3.8) is 0 Å². The maximum Gasteiger partial charge on any atom is 0.144 e. The first-order valence-corrected chi connectivity index (χ1v) is 9.26. The molecule has 0 saturated heterocycles. The molecule has 3 heteroatoms. The first-order valence-electron chi connectivity index (χ1n) is 9.26. The zero-order valence-electron chi connectivity index (χ0n) is 15.5. The topological polar surface area (TPSA) is 45.5 Å². The number of aromatic nitrogens is 1. The van der Waals surface area contributed by atoms with Crippen LogP contribution in [0.2, 0.25) is 0 Å². The van der Waals surface area contributed by atoms with Crippen LogP contribution in [-0.4, -0.2) is 16.3 Å². The standard InChI is InChI=1S/C22H28N2O/c1-22(2,3)19-12-18(17-9-5-4-6-10-17)13-20(21(19)25)24-15-16-8-7-11-23-14-16/h7-8,11-15,17,25H,4-6,9-10H2,1-3H3. The summed E-state index contributed by atoms with van der Waals surface area (Å²) in [6.07, 6.45) is 11.7. The molecule has 0 amide bonds. The van der Waals surface area contributed by atoms with Gasteiger partial charge in [0.05, 0.1) is 0 Å². The van der Waals surface area contributed by atoms with Gasteiger partial charge in [0.1, 0.15) is 11.4 Å². The van der Waals surface area contributed by atoms with Crippen molar-refractivity contribution in [1.82, 2.24) is 4.98 Å². The lowest BCUT2D eigenvalue weighted by molar-refractivity contribution is 0.434. The fourth-order valence-corrected chi connectivity index (χ4v) is 3.58. The largest absolute Gasteiger partial charge is 0.505 e. The Morgan fingerprint density at radius 1 is 1.16 bits per heavy atom. The second-order valence-electron chi connectivity index (χ2n) is 8.07. The summed E-state index contributed by atoms with van der Waals surface area (Å²) in [4.78, 5) is 8.70. The van der Waals surface area contributed by atoms with Crippen molar-refractivity contribution >= 4 is 11.9 Å². The summed E-state index contributed by atoms with van der Waals surface area (Å²) in [5.74, 6) is 0.884. The van der Waals surface area contributed by atoms with E-state index in [0.29, 0.717) is 17.4 Å². The molecule has 0 spiro atoms. The molecule has 132 valence electrons. The van der Waals surface area contributed by atoms with Crippen LogP contribution in [0.4, 0.5) is 5.69 Å². The van der Waals surface area contributed by atoms with Crippen LogP contribution in [0.25, 0.3) is 0 Å². The highest BCUT2D eigenvalue weighted by atomic mass is 16.3. The van der Waals surface area contributed by atoms with E-state index in [1.807, 2.05) is 12.1 Å². The molecule has 0 bridgehead atoms. The molecule has 0 unspecified atom stereocenters. The number of hydrogen-bond donors (Lipinski definition) is 1.